The van der Waals surface area contributed by atoms with Gasteiger partial charge in [-0.05, 0) is 30.5 Å². The van der Waals surface area contributed by atoms with Crippen LogP contribution in [0.1, 0.15) is 31.2 Å². The first-order valence-electron chi connectivity index (χ1n) is 7.43. The lowest BCUT2D eigenvalue weighted by molar-refractivity contribution is -0.122. The quantitative estimate of drug-likeness (QED) is 0.746. The first-order chi connectivity index (χ1) is 10.2. The van der Waals surface area contributed by atoms with Crippen molar-refractivity contribution in [3.8, 4) is 0 Å². The highest BCUT2D eigenvalue weighted by molar-refractivity contribution is 6.30. The third-order valence-electron chi connectivity index (χ3n) is 4.00. The standard InChI is InChI=1S/C16H23ClN2O2.ClH/c1-21-11-10-18-12-15(20)19-16(8-2-3-9-16)13-4-6-14(17)7-5-13;/h4-7,18H,2-3,8-12H2,1H3,(H,19,20);1H. The SMILES string of the molecule is COCCNCC(=O)NC1(c2ccc(Cl)cc2)CCCC1.Cl. The maximum absolute atomic E-state index is 12.2. The highest BCUT2D eigenvalue weighted by Crippen LogP contribution is 2.39. The zero-order chi connectivity index (χ0) is 15.1. The Labute approximate surface area is 143 Å². The fraction of sp³-hybridized carbons (Fsp3) is 0.562. The number of carbonyl (C=O) groups excluding carboxylic acids is 1. The molecule has 0 atom stereocenters. The molecule has 2 N–H and O–H groups in total. The minimum Gasteiger partial charge on any atom is -0.383 e. The summed E-state index contributed by atoms with van der Waals surface area (Å²) < 4.78 is 4.95. The highest BCUT2D eigenvalue weighted by Gasteiger charge is 2.36. The number of rotatable bonds is 7. The molecule has 2 rings (SSSR count). The molecule has 1 amide bonds. The van der Waals surface area contributed by atoms with E-state index in [1.54, 1.807) is 7.11 Å². The molecule has 0 bridgehead atoms. The Morgan fingerprint density at radius 2 is 1.91 bits per heavy atom. The summed E-state index contributed by atoms with van der Waals surface area (Å²) in [7, 11) is 1.65. The molecule has 4 nitrogen and oxygen atoms in total. The Kier molecular flexibility index (Phi) is 8.18. The normalized spacial score (nSPS) is 16.1. The molecule has 1 fully saturated rings. The van der Waals surface area contributed by atoms with Crippen molar-refractivity contribution in [3.63, 3.8) is 0 Å². The van der Waals surface area contributed by atoms with Gasteiger partial charge in [0, 0.05) is 18.7 Å². The van der Waals surface area contributed by atoms with Gasteiger partial charge >= 0.3 is 0 Å². The molecule has 124 valence electrons. The minimum absolute atomic E-state index is 0. The third kappa shape index (κ3) is 5.13. The first-order valence-corrected chi connectivity index (χ1v) is 7.81. The number of benzene rings is 1. The average Bonchev–Trinajstić information content (AvgIpc) is 2.94. The van der Waals surface area contributed by atoms with Crippen molar-refractivity contribution < 1.29 is 9.53 Å². The summed E-state index contributed by atoms with van der Waals surface area (Å²) in [5.41, 5.74) is 0.916. The van der Waals surface area contributed by atoms with Crippen LogP contribution in [-0.2, 0) is 15.1 Å². The molecule has 22 heavy (non-hydrogen) atoms. The number of carbonyl (C=O) groups is 1. The molecule has 0 heterocycles. The summed E-state index contributed by atoms with van der Waals surface area (Å²) in [5, 5.41) is 7.02. The van der Waals surface area contributed by atoms with E-state index in [0.717, 1.165) is 36.3 Å². The van der Waals surface area contributed by atoms with Crippen molar-refractivity contribution in [2.75, 3.05) is 26.8 Å². The lowest BCUT2D eigenvalue weighted by Gasteiger charge is -2.31. The van der Waals surface area contributed by atoms with E-state index in [2.05, 4.69) is 10.6 Å². The lowest BCUT2D eigenvalue weighted by Crippen LogP contribution is -2.47. The zero-order valence-corrected chi connectivity index (χ0v) is 14.4. The van der Waals surface area contributed by atoms with Crippen LogP contribution >= 0.6 is 24.0 Å². The van der Waals surface area contributed by atoms with Gasteiger partial charge in [0.25, 0.3) is 0 Å². The third-order valence-corrected chi connectivity index (χ3v) is 4.25. The van der Waals surface area contributed by atoms with E-state index in [4.69, 9.17) is 16.3 Å². The largest absolute Gasteiger partial charge is 0.383 e. The number of halogens is 2. The second-order valence-electron chi connectivity index (χ2n) is 5.51. The number of nitrogens with one attached hydrogen (secondary N) is 2. The zero-order valence-electron chi connectivity index (χ0n) is 12.9. The number of methoxy groups -OCH3 is 1. The van der Waals surface area contributed by atoms with Crippen LogP contribution < -0.4 is 10.6 Å². The molecular weight excluding hydrogens is 323 g/mol. The van der Waals surface area contributed by atoms with Crippen LogP contribution in [0.2, 0.25) is 5.02 Å². The smallest absolute Gasteiger partial charge is 0.234 e. The monoisotopic (exact) mass is 346 g/mol. The van der Waals surface area contributed by atoms with Crippen LogP contribution in [0, 0.1) is 0 Å². The Morgan fingerprint density at radius 3 is 2.50 bits per heavy atom. The summed E-state index contributed by atoms with van der Waals surface area (Å²) in [5.74, 6) is 0.0305. The maximum Gasteiger partial charge on any atom is 0.234 e. The van der Waals surface area contributed by atoms with Gasteiger partial charge in [0.1, 0.15) is 0 Å². The number of hydrogen-bond donors (Lipinski definition) is 2. The van der Waals surface area contributed by atoms with Gasteiger partial charge in [0.2, 0.25) is 5.91 Å². The summed E-state index contributed by atoms with van der Waals surface area (Å²) in [4.78, 5) is 12.2. The van der Waals surface area contributed by atoms with E-state index in [9.17, 15) is 4.79 Å². The summed E-state index contributed by atoms with van der Waals surface area (Å²) in [6.07, 6.45) is 4.25. The van der Waals surface area contributed by atoms with E-state index in [0.29, 0.717) is 19.7 Å². The number of ether oxygens (including phenoxy) is 1. The van der Waals surface area contributed by atoms with Crippen LogP contribution in [0.25, 0.3) is 0 Å². The molecule has 0 aliphatic heterocycles. The molecule has 0 aromatic heterocycles. The van der Waals surface area contributed by atoms with E-state index in [1.807, 2.05) is 24.3 Å². The summed E-state index contributed by atoms with van der Waals surface area (Å²) in [6, 6.07) is 7.82. The van der Waals surface area contributed by atoms with E-state index < -0.39 is 0 Å². The van der Waals surface area contributed by atoms with Crippen molar-refractivity contribution in [3.05, 3.63) is 34.9 Å². The molecule has 1 aliphatic rings. The summed E-state index contributed by atoms with van der Waals surface area (Å²) >= 11 is 5.96. The number of hydrogen-bond acceptors (Lipinski definition) is 3. The summed E-state index contributed by atoms with van der Waals surface area (Å²) in [6.45, 7) is 1.60. The van der Waals surface area contributed by atoms with Crippen LogP contribution in [-0.4, -0.2) is 32.7 Å². The van der Waals surface area contributed by atoms with Crippen molar-refractivity contribution >= 4 is 29.9 Å². The van der Waals surface area contributed by atoms with Gasteiger partial charge in [-0.1, -0.05) is 36.6 Å². The van der Waals surface area contributed by atoms with Crippen LogP contribution in [0.15, 0.2) is 24.3 Å². The molecular formula is C16H24Cl2N2O2. The van der Waals surface area contributed by atoms with Gasteiger partial charge < -0.3 is 15.4 Å². The molecule has 1 aromatic carbocycles. The lowest BCUT2D eigenvalue weighted by atomic mass is 9.88. The molecule has 6 heteroatoms. The Hall–Kier alpha value is -0.810. The molecule has 1 aromatic rings. The Balaban J connectivity index is 0.00000242. The van der Waals surface area contributed by atoms with Gasteiger partial charge in [0.05, 0.1) is 18.7 Å². The fourth-order valence-electron chi connectivity index (χ4n) is 2.92. The van der Waals surface area contributed by atoms with E-state index in [-0.39, 0.29) is 23.9 Å². The second-order valence-corrected chi connectivity index (χ2v) is 5.95. The molecule has 0 spiro atoms. The Bertz CT molecular complexity index is 460. The second kappa shape index (κ2) is 9.36. The first kappa shape index (κ1) is 19.2. The highest BCUT2D eigenvalue weighted by atomic mass is 35.5. The Morgan fingerprint density at radius 1 is 1.27 bits per heavy atom. The maximum atomic E-state index is 12.2. The van der Waals surface area contributed by atoms with Gasteiger partial charge in [-0.15, -0.1) is 12.4 Å². The molecule has 0 saturated heterocycles. The topological polar surface area (TPSA) is 50.4 Å². The van der Waals surface area contributed by atoms with Gasteiger partial charge in [0.15, 0.2) is 0 Å². The van der Waals surface area contributed by atoms with Crippen LogP contribution in [0.4, 0.5) is 0 Å². The van der Waals surface area contributed by atoms with Crippen molar-refractivity contribution in [2.24, 2.45) is 0 Å². The predicted molar refractivity (Wildman–Crippen MR) is 91.7 cm³/mol. The average molecular weight is 347 g/mol. The number of amides is 1. The molecule has 1 saturated carbocycles. The van der Waals surface area contributed by atoms with Crippen molar-refractivity contribution in [1.29, 1.82) is 0 Å². The van der Waals surface area contributed by atoms with Crippen molar-refractivity contribution in [2.45, 2.75) is 31.2 Å². The van der Waals surface area contributed by atoms with E-state index in [1.165, 1.54) is 0 Å². The molecule has 0 radical (unpaired) electrons. The fourth-order valence-corrected chi connectivity index (χ4v) is 3.05. The molecule has 0 unspecified atom stereocenters. The minimum atomic E-state index is -0.232. The predicted octanol–water partition coefficient (Wildman–Crippen LogP) is 2.88. The van der Waals surface area contributed by atoms with Gasteiger partial charge in [-0.25, -0.2) is 0 Å². The van der Waals surface area contributed by atoms with Crippen molar-refractivity contribution in [1.82, 2.24) is 10.6 Å². The van der Waals surface area contributed by atoms with Crippen LogP contribution in [0.5, 0.6) is 0 Å². The van der Waals surface area contributed by atoms with E-state index >= 15 is 0 Å². The molecule has 1 aliphatic carbocycles. The van der Waals surface area contributed by atoms with Gasteiger partial charge in [-0.2, -0.15) is 0 Å². The van der Waals surface area contributed by atoms with Crippen LogP contribution in [0.3, 0.4) is 0 Å². The van der Waals surface area contributed by atoms with Gasteiger partial charge in [-0.3, -0.25) is 4.79 Å².